The minimum absolute atomic E-state index is 0.131. The molecule has 1 aliphatic heterocycles. The second kappa shape index (κ2) is 7.94. The van der Waals surface area contributed by atoms with Gasteiger partial charge in [0.25, 0.3) is 11.6 Å². The fraction of sp³-hybridized carbons (Fsp3) is 0.471. The van der Waals surface area contributed by atoms with Gasteiger partial charge in [0.15, 0.2) is 0 Å². The number of carbonyl (C=O) groups excluding carboxylic acids is 2. The Labute approximate surface area is 150 Å². The SMILES string of the molecule is Cc1c(C(=O)N(C)CC(=O)N2CCCC(C(=O)O)C2)cccc1[N+](=O)[O-]. The van der Waals surface area contributed by atoms with Crippen molar-refractivity contribution in [2.75, 3.05) is 26.7 Å². The van der Waals surface area contributed by atoms with E-state index in [0.29, 0.717) is 19.4 Å². The average Bonchev–Trinajstić information content (AvgIpc) is 2.61. The molecule has 2 amide bonds. The lowest BCUT2D eigenvalue weighted by Gasteiger charge is -2.32. The van der Waals surface area contributed by atoms with E-state index in [1.165, 1.54) is 42.0 Å². The Hall–Kier alpha value is -2.97. The maximum atomic E-state index is 12.6. The van der Waals surface area contributed by atoms with Crippen molar-refractivity contribution in [1.82, 2.24) is 9.80 Å². The molecule has 0 bridgehead atoms. The topological polar surface area (TPSA) is 121 Å². The van der Waals surface area contributed by atoms with Crippen molar-refractivity contribution in [2.24, 2.45) is 5.92 Å². The number of carbonyl (C=O) groups is 3. The van der Waals surface area contributed by atoms with E-state index in [2.05, 4.69) is 0 Å². The molecule has 9 nitrogen and oxygen atoms in total. The van der Waals surface area contributed by atoms with E-state index >= 15 is 0 Å². The second-order valence-electron chi connectivity index (χ2n) is 6.39. The molecule has 1 aromatic carbocycles. The molecule has 0 radical (unpaired) electrons. The number of hydrogen-bond acceptors (Lipinski definition) is 5. The van der Waals surface area contributed by atoms with E-state index in [9.17, 15) is 24.5 Å². The van der Waals surface area contributed by atoms with Crippen molar-refractivity contribution < 1.29 is 24.4 Å². The lowest BCUT2D eigenvalue weighted by atomic mass is 9.98. The van der Waals surface area contributed by atoms with Crippen molar-refractivity contribution in [3.8, 4) is 0 Å². The summed E-state index contributed by atoms with van der Waals surface area (Å²) in [6.45, 7) is 1.86. The highest BCUT2D eigenvalue weighted by Crippen LogP contribution is 2.22. The van der Waals surface area contributed by atoms with Gasteiger partial charge in [-0.3, -0.25) is 24.5 Å². The van der Waals surface area contributed by atoms with Crippen molar-refractivity contribution >= 4 is 23.5 Å². The van der Waals surface area contributed by atoms with Gasteiger partial charge in [0.1, 0.15) is 0 Å². The number of nitrogens with zero attached hydrogens (tertiary/aromatic N) is 3. The summed E-state index contributed by atoms with van der Waals surface area (Å²) in [7, 11) is 1.44. The van der Waals surface area contributed by atoms with Gasteiger partial charge in [-0.15, -0.1) is 0 Å². The summed E-state index contributed by atoms with van der Waals surface area (Å²) in [5.41, 5.74) is 0.248. The number of carboxylic acid groups (broad SMARTS) is 1. The van der Waals surface area contributed by atoms with E-state index < -0.39 is 22.7 Å². The Morgan fingerprint density at radius 3 is 2.69 bits per heavy atom. The average molecular weight is 363 g/mol. The molecule has 1 unspecified atom stereocenters. The second-order valence-corrected chi connectivity index (χ2v) is 6.39. The van der Waals surface area contributed by atoms with Gasteiger partial charge in [0.2, 0.25) is 5.91 Å². The zero-order valence-electron chi connectivity index (χ0n) is 14.7. The first-order chi connectivity index (χ1) is 12.2. The van der Waals surface area contributed by atoms with Gasteiger partial charge in [-0.2, -0.15) is 0 Å². The van der Waals surface area contributed by atoms with Crippen molar-refractivity contribution in [3.05, 3.63) is 39.4 Å². The van der Waals surface area contributed by atoms with Crippen LogP contribution in [0.25, 0.3) is 0 Å². The number of hydrogen-bond donors (Lipinski definition) is 1. The molecule has 1 aliphatic rings. The quantitative estimate of drug-likeness (QED) is 0.622. The Kier molecular flexibility index (Phi) is 5.91. The summed E-state index contributed by atoms with van der Waals surface area (Å²) in [6.07, 6.45) is 1.13. The van der Waals surface area contributed by atoms with Crippen LogP contribution in [0.2, 0.25) is 0 Å². The van der Waals surface area contributed by atoms with Crippen LogP contribution in [0.1, 0.15) is 28.8 Å². The summed E-state index contributed by atoms with van der Waals surface area (Å²) in [5.74, 6) is -2.35. The lowest BCUT2D eigenvalue weighted by molar-refractivity contribution is -0.385. The molecule has 0 saturated carbocycles. The van der Waals surface area contributed by atoms with Crippen LogP contribution in [0.4, 0.5) is 5.69 Å². The van der Waals surface area contributed by atoms with Gasteiger partial charge in [-0.05, 0) is 25.8 Å². The molecule has 2 rings (SSSR count). The molecule has 1 atom stereocenters. The van der Waals surface area contributed by atoms with E-state index in [1.807, 2.05) is 0 Å². The van der Waals surface area contributed by atoms with E-state index in [0.717, 1.165) is 0 Å². The molecule has 0 aromatic heterocycles. The van der Waals surface area contributed by atoms with E-state index in [1.54, 1.807) is 0 Å². The Morgan fingerprint density at radius 1 is 1.38 bits per heavy atom. The van der Waals surface area contributed by atoms with Gasteiger partial charge < -0.3 is 14.9 Å². The lowest BCUT2D eigenvalue weighted by Crippen LogP contribution is -2.47. The number of aliphatic carboxylic acids is 1. The van der Waals surface area contributed by atoms with E-state index in [-0.39, 0.29) is 35.8 Å². The first-order valence-electron chi connectivity index (χ1n) is 8.22. The molecule has 0 spiro atoms. The zero-order valence-corrected chi connectivity index (χ0v) is 14.7. The zero-order chi connectivity index (χ0) is 19.4. The van der Waals surface area contributed by atoms with Crippen LogP contribution in [0.15, 0.2) is 18.2 Å². The monoisotopic (exact) mass is 363 g/mol. The minimum Gasteiger partial charge on any atom is -0.481 e. The summed E-state index contributed by atoms with van der Waals surface area (Å²) in [4.78, 5) is 49.2. The predicted molar refractivity (Wildman–Crippen MR) is 91.7 cm³/mol. The van der Waals surface area contributed by atoms with Crippen LogP contribution in [-0.2, 0) is 9.59 Å². The molecule has 1 saturated heterocycles. The van der Waals surface area contributed by atoms with Crippen LogP contribution in [0.5, 0.6) is 0 Å². The molecule has 0 aliphatic carbocycles. The van der Waals surface area contributed by atoms with Crippen LogP contribution >= 0.6 is 0 Å². The molecular weight excluding hydrogens is 342 g/mol. The van der Waals surface area contributed by atoms with Crippen LogP contribution < -0.4 is 0 Å². The third kappa shape index (κ3) is 4.16. The number of benzene rings is 1. The summed E-state index contributed by atoms with van der Waals surface area (Å²) >= 11 is 0. The largest absolute Gasteiger partial charge is 0.481 e. The minimum atomic E-state index is -0.931. The van der Waals surface area contributed by atoms with Crippen LogP contribution in [0, 0.1) is 23.0 Å². The Bertz CT molecular complexity index is 748. The molecule has 1 fully saturated rings. The normalized spacial score (nSPS) is 16.8. The highest BCUT2D eigenvalue weighted by molar-refractivity contribution is 5.98. The fourth-order valence-corrected chi connectivity index (χ4v) is 3.04. The number of rotatable bonds is 5. The number of carboxylic acids is 1. The molecule has 9 heteroatoms. The maximum absolute atomic E-state index is 12.6. The number of likely N-dealkylation sites (N-methyl/N-ethyl adjacent to an activating group) is 1. The van der Waals surface area contributed by atoms with Gasteiger partial charge in [-0.25, -0.2) is 0 Å². The highest BCUT2D eigenvalue weighted by Gasteiger charge is 2.29. The van der Waals surface area contributed by atoms with Gasteiger partial charge in [0, 0.05) is 37.3 Å². The standard InChI is InChI=1S/C17H21N3O6/c1-11-13(6-3-7-14(11)20(25)26)16(22)18(2)10-15(21)19-8-4-5-12(9-19)17(23)24/h3,6-7,12H,4-5,8-10H2,1-2H3,(H,23,24). The maximum Gasteiger partial charge on any atom is 0.308 e. The molecular formula is C17H21N3O6. The predicted octanol–water partition coefficient (Wildman–Crippen LogP) is 1.30. The van der Waals surface area contributed by atoms with Crippen LogP contribution in [0.3, 0.4) is 0 Å². The van der Waals surface area contributed by atoms with Crippen molar-refractivity contribution in [3.63, 3.8) is 0 Å². The highest BCUT2D eigenvalue weighted by atomic mass is 16.6. The number of amides is 2. The summed E-state index contributed by atoms with van der Waals surface area (Å²) in [6, 6.07) is 4.22. The molecule has 1 heterocycles. The smallest absolute Gasteiger partial charge is 0.308 e. The van der Waals surface area contributed by atoms with Crippen molar-refractivity contribution in [2.45, 2.75) is 19.8 Å². The first-order valence-corrected chi connectivity index (χ1v) is 8.22. The van der Waals surface area contributed by atoms with Gasteiger partial charge in [-0.1, -0.05) is 6.07 Å². The van der Waals surface area contributed by atoms with E-state index in [4.69, 9.17) is 5.11 Å². The first kappa shape index (κ1) is 19.4. The third-order valence-electron chi connectivity index (χ3n) is 4.57. The number of nitro benzene ring substituents is 1. The molecule has 1 N–H and O–H groups in total. The number of piperidine rings is 1. The van der Waals surface area contributed by atoms with Gasteiger partial charge in [0.05, 0.1) is 17.4 Å². The number of likely N-dealkylation sites (tertiary alicyclic amines) is 1. The van der Waals surface area contributed by atoms with Crippen molar-refractivity contribution in [1.29, 1.82) is 0 Å². The fourth-order valence-electron chi connectivity index (χ4n) is 3.04. The molecule has 26 heavy (non-hydrogen) atoms. The Morgan fingerprint density at radius 2 is 2.08 bits per heavy atom. The third-order valence-corrected chi connectivity index (χ3v) is 4.57. The summed E-state index contributed by atoms with van der Waals surface area (Å²) in [5, 5.41) is 20.1. The number of nitro groups is 1. The van der Waals surface area contributed by atoms with Crippen LogP contribution in [-0.4, -0.2) is 64.3 Å². The van der Waals surface area contributed by atoms with Gasteiger partial charge >= 0.3 is 5.97 Å². The molecule has 1 aromatic rings. The molecule has 140 valence electrons. The summed E-state index contributed by atoms with van der Waals surface area (Å²) < 4.78 is 0. The Balaban J connectivity index is 2.07.